The van der Waals surface area contributed by atoms with Crippen molar-refractivity contribution in [2.45, 2.75) is 31.7 Å². The molecule has 0 atom stereocenters. The van der Waals surface area contributed by atoms with E-state index in [2.05, 4.69) is 27.5 Å². The first-order chi connectivity index (χ1) is 15.2. The van der Waals surface area contributed by atoms with Gasteiger partial charge in [-0.15, -0.1) is 5.10 Å². The van der Waals surface area contributed by atoms with Gasteiger partial charge in [-0.2, -0.15) is 13.2 Å². The number of ether oxygens (including phenoxy) is 1. The van der Waals surface area contributed by atoms with Gasteiger partial charge in [0.05, 0.1) is 18.4 Å². The minimum atomic E-state index is -5.08. The highest BCUT2D eigenvalue weighted by atomic mass is 19.4. The summed E-state index contributed by atoms with van der Waals surface area (Å²) in [5.74, 6) is -2.00. The van der Waals surface area contributed by atoms with Crippen molar-refractivity contribution in [3.8, 4) is 5.75 Å². The average Bonchev–Trinajstić information content (AvgIpc) is 3.20. The highest BCUT2D eigenvalue weighted by molar-refractivity contribution is 5.73. The van der Waals surface area contributed by atoms with Crippen molar-refractivity contribution in [2.24, 2.45) is 0 Å². The molecule has 0 amide bonds. The predicted octanol–water partition coefficient (Wildman–Crippen LogP) is 2.79. The number of alkyl halides is 3. The summed E-state index contributed by atoms with van der Waals surface area (Å²) in [6.07, 6.45) is 0.516. The van der Waals surface area contributed by atoms with Crippen LogP contribution >= 0.6 is 0 Å². The van der Waals surface area contributed by atoms with Gasteiger partial charge in [-0.1, -0.05) is 42.5 Å². The number of rotatable bonds is 6. The molecule has 0 spiro atoms. The Morgan fingerprint density at radius 1 is 1.22 bits per heavy atom. The van der Waals surface area contributed by atoms with Gasteiger partial charge in [-0.25, -0.2) is 9.48 Å². The number of aromatic nitrogens is 4. The molecule has 2 N–H and O–H groups in total. The van der Waals surface area contributed by atoms with E-state index in [1.54, 1.807) is 6.20 Å². The van der Waals surface area contributed by atoms with Gasteiger partial charge in [-0.05, 0) is 17.2 Å². The highest BCUT2D eigenvalue weighted by Crippen LogP contribution is 2.25. The minimum Gasteiger partial charge on any atom is -0.487 e. The predicted molar refractivity (Wildman–Crippen MR) is 108 cm³/mol. The summed E-state index contributed by atoms with van der Waals surface area (Å²) >= 11 is 0. The van der Waals surface area contributed by atoms with Crippen LogP contribution < -0.4 is 10.1 Å². The Morgan fingerprint density at radius 3 is 2.50 bits per heavy atom. The summed E-state index contributed by atoms with van der Waals surface area (Å²) in [5.41, 5.74) is 3.32. The van der Waals surface area contributed by atoms with Crippen LogP contribution in [0.5, 0.6) is 5.75 Å². The molecule has 3 aromatic rings. The van der Waals surface area contributed by atoms with Crippen molar-refractivity contribution in [2.75, 3.05) is 13.1 Å². The lowest BCUT2D eigenvalue weighted by atomic mass is 9.81. The van der Waals surface area contributed by atoms with Gasteiger partial charge in [0.1, 0.15) is 12.4 Å². The lowest BCUT2D eigenvalue weighted by Crippen LogP contribution is -2.54. The summed E-state index contributed by atoms with van der Waals surface area (Å²) in [6, 6.07) is 12.1. The maximum absolute atomic E-state index is 10.6. The third-order valence-electron chi connectivity index (χ3n) is 4.79. The number of aliphatic carboxylic acids is 1. The number of hydrogen-bond acceptors (Lipinski definition) is 6. The Bertz CT molecular complexity index is 1040. The Labute approximate surface area is 182 Å². The zero-order valence-electron chi connectivity index (χ0n) is 17.2. The van der Waals surface area contributed by atoms with Crippen molar-refractivity contribution in [1.82, 2.24) is 25.3 Å². The first-order valence-corrected chi connectivity index (χ1v) is 9.68. The van der Waals surface area contributed by atoms with E-state index >= 15 is 0 Å². The number of halogens is 3. The van der Waals surface area contributed by atoms with E-state index in [0.717, 1.165) is 35.7 Å². The smallest absolute Gasteiger partial charge is 0.487 e. The number of carbonyl (C=O) groups is 1. The molecule has 11 heteroatoms. The molecule has 3 heterocycles. The van der Waals surface area contributed by atoms with E-state index in [1.165, 1.54) is 0 Å². The molecule has 170 valence electrons. The fourth-order valence-electron chi connectivity index (χ4n) is 2.89. The van der Waals surface area contributed by atoms with Crippen LogP contribution in [0.3, 0.4) is 0 Å². The first kappa shape index (κ1) is 23.2. The molecule has 1 saturated heterocycles. The maximum Gasteiger partial charge on any atom is 0.490 e. The number of carboxylic acid groups (broad SMARTS) is 1. The summed E-state index contributed by atoms with van der Waals surface area (Å²) < 4.78 is 39.4. The molecule has 1 aliphatic rings. The maximum atomic E-state index is 10.6. The van der Waals surface area contributed by atoms with Crippen molar-refractivity contribution >= 4 is 5.97 Å². The van der Waals surface area contributed by atoms with Gasteiger partial charge < -0.3 is 15.2 Å². The number of carboxylic acids is 1. The molecular formula is C21H22F3N5O3. The van der Waals surface area contributed by atoms with Gasteiger partial charge in [-0.3, -0.25) is 4.98 Å². The number of pyridine rings is 1. The standard InChI is InChI=1S/C19H21N5O.C2HF3O2/c1-19(13-21-14-19)18-11-24(23-22-18)10-16-7-17(9-20-8-16)25-12-15-5-3-2-4-6-15;3-2(4,5)1(6)7/h2-9,11,21H,10,12-14H2,1H3;(H,6,7). The molecule has 1 fully saturated rings. The monoisotopic (exact) mass is 449 g/mol. The van der Waals surface area contributed by atoms with E-state index in [1.807, 2.05) is 53.5 Å². The highest BCUT2D eigenvalue weighted by Gasteiger charge is 2.38. The molecule has 1 aliphatic heterocycles. The van der Waals surface area contributed by atoms with E-state index in [0.29, 0.717) is 13.2 Å². The number of benzene rings is 1. The molecule has 0 radical (unpaired) electrons. The summed E-state index contributed by atoms with van der Waals surface area (Å²) in [6.45, 7) is 5.28. The van der Waals surface area contributed by atoms with Crippen LogP contribution in [0.15, 0.2) is 55.0 Å². The SMILES string of the molecule is CC1(c2cn(Cc3cncc(OCc4ccccc4)c3)nn2)CNC1.O=C(O)C(F)(F)F. The van der Waals surface area contributed by atoms with Crippen LogP contribution in [0, 0.1) is 0 Å². The van der Waals surface area contributed by atoms with Gasteiger partial charge in [0.15, 0.2) is 0 Å². The molecule has 0 unspecified atom stereocenters. The molecule has 8 nitrogen and oxygen atoms in total. The Hall–Kier alpha value is -3.47. The van der Waals surface area contributed by atoms with E-state index in [-0.39, 0.29) is 5.41 Å². The third kappa shape index (κ3) is 6.27. The summed E-state index contributed by atoms with van der Waals surface area (Å²) in [5, 5.41) is 19.0. The molecule has 0 aliphatic carbocycles. The number of hydrogen-bond donors (Lipinski definition) is 2. The van der Waals surface area contributed by atoms with Crippen LogP contribution in [0.25, 0.3) is 0 Å². The molecule has 1 aromatic carbocycles. The van der Waals surface area contributed by atoms with Crippen LogP contribution in [0.1, 0.15) is 23.7 Å². The largest absolute Gasteiger partial charge is 0.490 e. The van der Waals surface area contributed by atoms with Crippen molar-refractivity contribution in [1.29, 1.82) is 0 Å². The lowest BCUT2D eigenvalue weighted by Gasteiger charge is -2.37. The number of nitrogens with one attached hydrogen (secondary N) is 1. The second kappa shape index (κ2) is 9.77. The molecular weight excluding hydrogens is 427 g/mol. The normalized spacial score (nSPS) is 14.6. The lowest BCUT2D eigenvalue weighted by molar-refractivity contribution is -0.192. The zero-order chi connectivity index (χ0) is 23.2. The minimum absolute atomic E-state index is 0.108. The Balaban J connectivity index is 0.000000360. The molecule has 0 bridgehead atoms. The third-order valence-corrected chi connectivity index (χ3v) is 4.79. The summed E-state index contributed by atoms with van der Waals surface area (Å²) in [7, 11) is 0. The fourth-order valence-corrected chi connectivity index (χ4v) is 2.89. The van der Waals surface area contributed by atoms with Gasteiger partial charge in [0.25, 0.3) is 0 Å². The van der Waals surface area contributed by atoms with Crippen LogP contribution in [-0.4, -0.2) is 50.3 Å². The van der Waals surface area contributed by atoms with Crippen LogP contribution in [0.4, 0.5) is 13.2 Å². The second-order valence-electron chi connectivity index (χ2n) is 7.57. The van der Waals surface area contributed by atoms with Crippen LogP contribution in [-0.2, 0) is 23.4 Å². The molecule has 0 saturated carbocycles. The molecule has 2 aromatic heterocycles. The van der Waals surface area contributed by atoms with Gasteiger partial charge >= 0.3 is 12.1 Å². The first-order valence-electron chi connectivity index (χ1n) is 9.68. The van der Waals surface area contributed by atoms with Crippen molar-refractivity contribution in [3.63, 3.8) is 0 Å². The van der Waals surface area contributed by atoms with Crippen LogP contribution in [0.2, 0.25) is 0 Å². The quantitative estimate of drug-likeness (QED) is 0.597. The average molecular weight is 449 g/mol. The van der Waals surface area contributed by atoms with Gasteiger partial charge in [0.2, 0.25) is 0 Å². The summed E-state index contributed by atoms with van der Waals surface area (Å²) in [4.78, 5) is 13.2. The van der Waals surface area contributed by atoms with E-state index in [9.17, 15) is 13.2 Å². The number of nitrogens with zero attached hydrogens (tertiary/aromatic N) is 4. The van der Waals surface area contributed by atoms with E-state index < -0.39 is 12.1 Å². The fraction of sp³-hybridized carbons (Fsp3) is 0.333. The van der Waals surface area contributed by atoms with Crippen molar-refractivity contribution in [3.05, 3.63) is 71.8 Å². The Morgan fingerprint density at radius 2 is 1.91 bits per heavy atom. The molecule has 32 heavy (non-hydrogen) atoms. The second-order valence-corrected chi connectivity index (χ2v) is 7.57. The molecule has 4 rings (SSSR count). The Kier molecular flexibility index (Phi) is 7.08. The zero-order valence-corrected chi connectivity index (χ0v) is 17.2. The van der Waals surface area contributed by atoms with Crippen molar-refractivity contribution < 1.29 is 27.8 Å². The topological polar surface area (TPSA) is 102 Å². The van der Waals surface area contributed by atoms with Gasteiger partial charge in [0, 0.05) is 30.9 Å². The van der Waals surface area contributed by atoms with E-state index in [4.69, 9.17) is 14.6 Å².